The Kier molecular flexibility index (Phi) is 3.66. The number of thiophene rings is 1. The molecule has 0 spiro atoms. The molecule has 2 atom stereocenters. The van der Waals surface area contributed by atoms with Crippen LogP contribution in [0.15, 0.2) is 60.7 Å². The van der Waals surface area contributed by atoms with Gasteiger partial charge >= 0.3 is 0 Å². The SMILES string of the molecule is Cc1ccccc(C)cc2c3c(sc2c1)=CC1C=CC=CC1C=3. The first-order valence-electron chi connectivity index (χ1n) is 8.13. The van der Waals surface area contributed by atoms with Crippen molar-refractivity contribution in [2.75, 3.05) is 0 Å². The van der Waals surface area contributed by atoms with Gasteiger partial charge in [0.25, 0.3) is 0 Å². The minimum atomic E-state index is 0.496. The van der Waals surface area contributed by atoms with Crippen LogP contribution in [0.3, 0.4) is 0 Å². The molecular weight excluding hydrogens is 296 g/mol. The predicted molar refractivity (Wildman–Crippen MR) is 102 cm³/mol. The predicted octanol–water partition coefficient (Wildman–Crippen LogP) is 4.58. The molecule has 0 amide bonds. The highest BCUT2D eigenvalue weighted by molar-refractivity contribution is 7.17. The van der Waals surface area contributed by atoms with Crippen molar-refractivity contribution in [2.24, 2.45) is 11.8 Å². The van der Waals surface area contributed by atoms with Gasteiger partial charge in [-0.05, 0) is 36.8 Å². The molecule has 0 radical (unpaired) electrons. The largest absolute Gasteiger partial charge is 0.136 e. The number of hydrogen-bond donors (Lipinski definition) is 0. The summed E-state index contributed by atoms with van der Waals surface area (Å²) in [5.74, 6) is 1.01. The first-order chi connectivity index (χ1) is 11.2. The van der Waals surface area contributed by atoms with Crippen molar-refractivity contribution in [3.05, 3.63) is 81.6 Å². The number of fused-ring (bicyclic) bond motifs is 4. The topological polar surface area (TPSA) is 0 Å². The van der Waals surface area contributed by atoms with Crippen LogP contribution in [0.2, 0.25) is 0 Å². The number of aryl methyl sites for hydroxylation is 2. The molecule has 2 aliphatic carbocycles. The average molecular weight is 316 g/mol. The fraction of sp³-hybridized carbons (Fsp3) is 0.182. The van der Waals surface area contributed by atoms with Gasteiger partial charge in [-0.25, -0.2) is 0 Å². The summed E-state index contributed by atoms with van der Waals surface area (Å²) >= 11 is 1.91. The highest BCUT2D eigenvalue weighted by Gasteiger charge is 2.18. The van der Waals surface area contributed by atoms with Crippen LogP contribution >= 0.6 is 11.3 Å². The van der Waals surface area contributed by atoms with Crippen molar-refractivity contribution in [1.82, 2.24) is 0 Å². The number of rotatable bonds is 0. The van der Waals surface area contributed by atoms with Crippen LogP contribution in [0.5, 0.6) is 0 Å². The Morgan fingerprint density at radius 3 is 2.22 bits per heavy atom. The van der Waals surface area contributed by atoms with Crippen LogP contribution in [0, 0.1) is 25.7 Å². The second-order valence-electron chi connectivity index (χ2n) is 6.41. The van der Waals surface area contributed by atoms with Gasteiger partial charge < -0.3 is 0 Å². The zero-order valence-electron chi connectivity index (χ0n) is 13.5. The minimum absolute atomic E-state index is 0.496. The second-order valence-corrected chi connectivity index (χ2v) is 7.49. The van der Waals surface area contributed by atoms with Crippen molar-refractivity contribution in [3.63, 3.8) is 0 Å². The molecule has 0 nitrogen and oxygen atoms in total. The number of hydrogen-bond acceptors (Lipinski definition) is 1. The van der Waals surface area contributed by atoms with Crippen molar-refractivity contribution in [3.8, 4) is 0 Å². The molecule has 1 aromatic carbocycles. The third-order valence-corrected chi connectivity index (χ3v) is 5.66. The molecule has 2 aliphatic rings. The van der Waals surface area contributed by atoms with Gasteiger partial charge in [0.15, 0.2) is 0 Å². The fourth-order valence-corrected chi connectivity index (χ4v) is 4.61. The normalized spacial score (nSPS) is 21.0. The fourth-order valence-electron chi connectivity index (χ4n) is 3.33. The summed E-state index contributed by atoms with van der Waals surface area (Å²) in [4.78, 5) is 0. The van der Waals surface area contributed by atoms with Crippen LogP contribution in [-0.2, 0) is 0 Å². The van der Waals surface area contributed by atoms with E-state index in [0.29, 0.717) is 11.8 Å². The lowest BCUT2D eigenvalue weighted by Crippen LogP contribution is -2.28. The molecule has 114 valence electrons. The van der Waals surface area contributed by atoms with Gasteiger partial charge in [0.1, 0.15) is 0 Å². The van der Waals surface area contributed by atoms with Crippen LogP contribution < -0.4 is 9.75 Å². The van der Waals surface area contributed by atoms with E-state index in [2.05, 4.69) is 86.7 Å². The third kappa shape index (κ3) is 2.77. The Morgan fingerprint density at radius 1 is 0.826 bits per heavy atom. The quantitative estimate of drug-likeness (QED) is 0.667. The maximum atomic E-state index is 2.45. The van der Waals surface area contributed by atoms with E-state index in [-0.39, 0.29) is 0 Å². The molecule has 1 heterocycles. The lowest BCUT2D eigenvalue weighted by molar-refractivity contribution is 0.726. The average Bonchev–Trinajstić information content (AvgIpc) is 2.86. The maximum Gasteiger partial charge on any atom is 0.0357 e. The smallest absolute Gasteiger partial charge is 0.0357 e. The summed E-state index contributed by atoms with van der Waals surface area (Å²) in [6.45, 7) is 4.35. The van der Waals surface area contributed by atoms with Gasteiger partial charge in [-0.1, -0.05) is 66.3 Å². The van der Waals surface area contributed by atoms with Gasteiger partial charge in [0, 0.05) is 26.5 Å². The third-order valence-electron chi connectivity index (χ3n) is 4.53. The Hall–Kier alpha value is -2.12. The molecule has 0 saturated carbocycles. The highest BCUT2D eigenvalue weighted by Crippen LogP contribution is 2.26. The Bertz CT molecular complexity index is 1000. The molecule has 0 aliphatic heterocycles. The van der Waals surface area contributed by atoms with Gasteiger partial charge in [0.05, 0.1) is 0 Å². The summed E-state index contributed by atoms with van der Waals surface area (Å²) in [6, 6.07) is 13.2. The molecule has 0 fully saturated rings. The van der Waals surface area contributed by atoms with E-state index >= 15 is 0 Å². The Balaban J connectivity index is 2.13. The zero-order chi connectivity index (χ0) is 15.8. The van der Waals surface area contributed by atoms with E-state index < -0.39 is 0 Å². The maximum absolute atomic E-state index is 2.45. The monoisotopic (exact) mass is 316 g/mol. The molecule has 0 N–H and O–H groups in total. The second kappa shape index (κ2) is 5.82. The lowest BCUT2D eigenvalue weighted by atomic mass is 9.85. The van der Waals surface area contributed by atoms with E-state index in [9.17, 15) is 0 Å². The van der Waals surface area contributed by atoms with E-state index in [1.807, 2.05) is 11.3 Å². The molecule has 4 rings (SSSR count). The van der Waals surface area contributed by atoms with Gasteiger partial charge in [-0.15, -0.1) is 11.3 Å². The Labute approximate surface area is 141 Å². The summed E-state index contributed by atoms with van der Waals surface area (Å²) in [5, 5.41) is 2.78. The molecular formula is C22H20S. The summed E-state index contributed by atoms with van der Waals surface area (Å²) < 4.78 is 2.78. The zero-order valence-corrected chi connectivity index (χ0v) is 14.3. The highest BCUT2D eigenvalue weighted by atomic mass is 32.1. The molecule has 0 bridgehead atoms. The van der Waals surface area contributed by atoms with Gasteiger partial charge in [0.2, 0.25) is 0 Å². The first-order valence-corrected chi connectivity index (χ1v) is 8.95. The standard InChI is InChI=1S/C22H20S/c1-15-7-3-4-8-16(2)12-21-19(11-15)20-13-17-9-5-6-10-18(17)14-22(20)23-21/h3-14,17-18H,1-2H3. The Morgan fingerprint density at radius 2 is 1.48 bits per heavy atom. The summed E-state index contributed by atoms with van der Waals surface area (Å²) in [5.41, 5.74) is 2.58. The molecule has 1 heteroatoms. The van der Waals surface area contributed by atoms with Gasteiger partial charge in [-0.2, -0.15) is 0 Å². The molecule has 23 heavy (non-hydrogen) atoms. The van der Waals surface area contributed by atoms with Crippen molar-refractivity contribution < 1.29 is 0 Å². The first kappa shape index (κ1) is 14.5. The number of allylic oxidation sites excluding steroid dienone is 4. The van der Waals surface area contributed by atoms with Crippen LogP contribution in [-0.4, -0.2) is 0 Å². The lowest BCUT2D eigenvalue weighted by Gasteiger charge is -2.19. The van der Waals surface area contributed by atoms with E-state index in [0.717, 1.165) is 0 Å². The molecule has 1 aromatic heterocycles. The van der Waals surface area contributed by atoms with Crippen LogP contribution in [0.1, 0.15) is 11.1 Å². The van der Waals surface area contributed by atoms with Crippen molar-refractivity contribution in [1.29, 1.82) is 0 Å². The van der Waals surface area contributed by atoms with Crippen molar-refractivity contribution in [2.45, 2.75) is 13.8 Å². The molecule has 2 unspecified atom stereocenters. The summed E-state index contributed by atoms with van der Waals surface area (Å²) in [6.07, 6.45) is 13.8. The van der Waals surface area contributed by atoms with E-state index in [4.69, 9.17) is 0 Å². The van der Waals surface area contributed by atoms with E-state index in [1.54, 1.807) is 0 Å². The van der Waals surface area contributed by atoms with E-state index in [1.165, 1.54) is 31.0 Å². The van der Waals surface area contributed by atoms with Crippen molar-refractivity contribution >= 4 is 33.6 Å². The minimum Gasteiger partial charge on any atom is -0.136 e. The molecule has 2 aromatic rings. The van der Waals surface area contributed by atoms with Crippen LogP contribution in [0.4, 0.5) is 0 Å². The summed E-state index contributed by atoms with van der Waals surface area (Å²) in [7, 11) is 0. The molecule has 0 saturated heterocycles. The van der Waals surface area contributed by atoms with Gasteiger partial charge in [-0.3, -0.25) is 0 Å². The van der Waals surface area contributed by atoms with Crippen LogP contribution in [0.25, 0.3) is 22.2 Å².